The molecular weight excluding hydrogens is 294 g/mol. The lowest BCUT2D eigenvalue weighted by Gasteiger charge is -2.32. The van der Waals surface area contributed by atoms with Gasteiger partial charge in [0.05, 0.1) is 5.92 Å². The van der Waals surface area contributed by atoms with Crippen LogP contribution < -0.4 is 10.2 Å². The van der Waals surface area contributed by atoms with Crippen LogP contribution in [-0.2, 0) is 4.79 Å². The molecule has 2 aromatic heterocycles. The van der Waals surface area contributed by atoms with Crippen molar-refractivity contribution in [1.29, 1.82) is 0 Å². The number of anilines is 1. The summed E-state index contributed by atoms with van der Waals surface area (Å²) in [5.41, 5.74) is 0. The van der Waals surface area contributed by atoms with E-state index in [9.17, 15) is 4.79 Å². The number of carbonyl (C=O) groups excluding carboxylic acids is 1. The molecule has 8 nitrogen and oxygen atoms in total. The molecule has 0 saturated carbocycles. The Hall–Kier alpha value is -2.51. The number of hydrogen-bond acceptors (Lipinski definition) is 6. The topological polar surface area (TPSA) is 88.8 Å². The molecule has 1 aliphatic rings. The predicted octanol–water partition coefficient (Wildman–Crippen LogP) is 0.800. The summed E-state index contributed by atoms with van der Waals surface area (Å²) in [5.74, 6) is 1.58. The Morgan fingerprint density at radius 1 is 1.35 bits per heavy atom. The van der Waals surface area contributed by atoms with Crippen molar-refractivity contribution in [1.82, 2.24) is 30.3 Å². The molecule has 1 saturated heterocycles. The van der Waals surface area contributed by atoms with Gasteiger partial charge in [-0.3, -0.25) is 4.79 Å². The lowest BCUT2D eigenvalue weighted by molar-refractivity contribution is -0.125. The molecular formula is C15H21N7O. The average molecular weight is 315 g/mol. The smallest absolute Gasteiger partial charge is 0.224 e. The van der Waals surface area contributed by atoms with Crippen molar-refractivity contribution in [2.24, 2.45) is 5.92 Å². The van der Waals surface area contributed by atoms with Crippen LogP contribution in [0.3, 0.4) is 0 Å². The van der Waals surface area contributed by atoms with Crippen LogP contribution in [0.2, 0.25) is 0 Å². The monoisotopic (exact) mass is 315 g/mol. The highest BCUT2D eigenvalue weighted by Crippen LogP contribution is 2.21. The maximum atomic E-state index is 12.2. The van der Waals surface area contributed by atoms with E-state index in [0.717, 1.165) is 38.2 Å². The van der Waals surface area contributed by atoms with Crippen LogP contribution in [0.25, 0.3) is 5.82 Å². The van der Waals surface area contributed by atoms with Gasteiger partial charge in [0.25, 0.3) is 0 Å². The highest BCUT2D eigenvalue weighted by molar-refractivity contribution is 5.79. The summed E-state index contributed by atoms with van der Waals surface area (Å²) in [6.45, 7) is 4.38. The van der Waals surface area contributed by atoms with Crippen molar-refractivity contribution in [3.63, 3.8) is 0 Å². The van der Waals surface area contributed by atoms with Gasteiger partial charge in [-0.05, 0) is 31.4 Å². The minimum absolute atomic E-state index is 0.0205. The zero-order chi connectivity index (χ0) is 16.1. The molecule has 1 atom stereocenters. The fourth-order valence-electron chi connectivity index (χ4n) is 2.73. The average Bonchev–Trinajstić information content (AvgIpc) is 3.14. The van der Waals surface area contributed by atoms with E-state index in [2.05, 4.69) is 37.4 Å². The van der Waals surface area contributed by atoms with Crippen LogP contribution in [0.15, 0.2) is 24.8 Å². The summed E-state index contributed by atoms with van der Waals surface area (Å²) < 4.78 is 1.56. The van der Waals surface area contributed by atoms with E-state index in [4.69, 9.17) is 0 Å². The van der Waals surface area contributed by atoms with Gasteiger partial charge in [0.1, 0.15) is 12.7 Å². The Labute approximate surface area is 134 Å². The molecule has 1 unspecified atom stereocenters. The maximum absolute atomic E-state index is 12.2. The number of nitrogens with one attached hydrogen (secondary N) is 1. The molecule has 0 bridgehead atoms. The van der Waals surface area contributed by atoms with Crippen molar-refractivity contribution in [3.05, 3.63) is 24.8 Å². The molecule has 2 aromatic rings. The fraction of sp³-hybridized carbons (Fsp3) is 0.533. The molecule has 1 aliphatic heterocycles. The van der Waals surface area contributed by atoms with E-state index >= 15 is 0 Å². The molecule has 1 fully saturated rings. The highest BCUT2D eigenvalue weighted by atomic mass is 16.1. The third-order valence-electron chi connectivity index (χ3n) is 3.96. The van der Waals surface area contributed by atoms with Crippen molar-refractivity contribution in [3.8, 4) is 5.82 Å². The van der Waals surface area contributed by atoms with Crippen LogP contribution >= 0.6 is 0 Å². The third-order valence-corrected chi connectivity index (χ3v) is 3.96. The standard InChI is InChI=1S/C15H21N7O/c1-2-7-17-15(23)12-4-3-8-21(9-12)13-5-6-14(20-19-13)22-11-16-10-18-22/h5-6,10-12H,2-4,7-9H2,1H3,(H,17,23). The van der Waals surface area contributed by atoms with Gasteiger partial charge >= 0.3 is 0 Å². The van der Waals surface area contributed by atoms with E-state index in [-0.39, 0.29) is 11.8 Å². The molecule has 0 radical (unpaired) electrons. The summed E-state index contributed by atoms with van der Waals surface area (Å²) in [6.07, 6.45) is 5.91. The largest absolute Gasteiger partial charge is 0.356 e. The van der Waals surface area contributed by atoms with Gasteiger partial charge in [0.2, 0.25) is 5.91 Å². The van der Waals surface area contributed by atoms with Crippen molar-refractivity contribution < 1.29 is 4.79 Å². The van der Waals surface area contributed by atoms with Gasteiger partial charge < -0.3 is 10.2 Å². The molecule has 1 amide bonds. The summed E-state index contributed by atoms with van der Waals surface area (Å²) in [7, 11) is 0. The molecule has 0 aromatic carbocycles. The normalized spacial score (nSPS) is 18.0. The van der Waals surface area contributed by atoms with E-state index in [1.165, 1.54) is 6.33 Å². The van der Waals surface area contributed by atoms with E-state index in [1.807, 2.05) is 12.1 Å². The quantitative estimate of drug-likeness (QED) is 0.878. The molecule has 0 aliphatic carbocycles. The van der Waals surface area contributed by atoms with Crippen LogP contribution in [-0.4, -0.2) is 50.5 Å². The Kier molecular flexibility index (Phi) is 4.80. The molecule has 122 valence electrons. The second-order valence-corrected chi connectivity index (χ2v) is 5.67. The first-order valence-corrected chi connectivity index (χ1v) is 7.99. The molecule has 3 heterocycles. The summed E-state index contributed by atoms with van der Waals surface area (Å²) in [4.78, 5) is 18.2. The van der Waals surface area contributed by atoms with E-state index in [0.29, 0.717) is 12.4 Å². The number of aromatic nitrogens is 5. The minimum Gasteiger partial charge on any atom is -0.356 e. The number of rotatable bonds is 5. The van der Waals surface area contributed by atoms with Crippen LogP contribution in [0.5, 0.6) is 0 Å². The van der Waals surface area contributed by atoms with Crippen LogP contribution in [0.1, 0.15) is 26.2 Å². The second-order valence-electron chi connectivity index (χ2n) is 5.67. The Morgan fingerprint density at radius 3 is 2.87 bits per heavy atom. The first kappa shape index (κ1) is 15.4. The maximum Gasteiger partial charge on any atom is 0.224 e. The zero-order valence-corrected chi connectivity index (χ0v) is 13.2. The molecule has 0 spiro atoms. The van der Waals surface area contributed by atoms with Gasteiger partial charge in [0, 0.05) is 19.6 Å². The summed E-state index contributed by atoms with van der Waals surface area (Å²) >= 11 is 0. The van der Waals surface area contributed by atoms with Gasteiger partial charge in [-0.25, -0.2) is 9.67 Å². The van der Waals surface area contributed by atoms with Crippen molar-refractivity contribution >= 4 is 11.7 Å². The fourth-order valence-corrected chi connectivity index (χ4v) is 2.73. The first-order chi connectivity index (χ1) is 11.3. The number of hydrogen-bond donors (Lipinski definition) is 1. The van der Waals surface area contributed by atoms with Gasteiger partial charge in [0.15, 0.2) is 11.6 Å². The molecule has 8 heteroatoms. The SMILES string of the molecule is CCCNC(=O)C1CCCN(c2ccc(-n3cncn3)nn2)C1. The van der Waals surface area contributed by atoms with E-state index < -0.39 is 0 Å². The summed E-state index contributed by atoms with van der Waals surface area (Å²) in [6, 6.07) is 3.77. The van der Waals surface area contributed by atoms with Crippen molar-refractivity contribution in [2.45, 2.75) is 26.2 Å². The number of nitrogens with zero attached hydrogens (tertiary/aromatic N) is 6. The first-order valence-electron chi connectivity index (χ1n) is 7.99. The zero-order valence-electron chi connectivity index (χ0n) is 13.2. The highest BCUT2D eigenvalue weighted by Gasteiger charge is 2.26. The van der Waals surface area contributed by atoms with E-state index in [1.54, 1.807) is 11.0 Å². The number of carbonyl (C=O) groups is 1. The van der Waals surface area contributed by atoms with Crippen molar-refractivity contribution in [2.75, 3.05) is 24.5 Å². The Bertz CT molecular complexity index is 626. The van der Waals surface area contributed by atoms with Gasteiger partial charge in [-0.1, -0.05) is 6.92 Å². The second kappa shape index (κ2) is 7.17. The number of amides is 1. The van der Waals surface area contributed by atoms with Gasteiger partial charge in [-0.2, -0.15) is 5.10 Å². The molecule has 23 heavy (non-hydrogen) atoms. The summed E-state index contributed by atoms with van der Waals surface area (Å²) in [5, 5.41) is 15.5. The molecule has 1 N–H and O–H groups in total. The third kappa shape index (κ3) is 3.64. The lowest BCUT2D eigenvalue weighted by atomic mass is 9.97. The lowest BCUT2D eigenvalue weighted by Crippen LogP contribution is -2.43. The minimum atomic E-state index is 0.0205. The number of piperidine rings is 1. The van der Waals surface area contributed by atoms with Crippen LogP contribution in [0.4, 0.5) is 5.82 Å². The van der Waals surface area contributed by atoms with Crippen LogP contribution in [0, 0.1) is 5.92 Å². The molecule has 3 rings (SSSR count). The predicted molar refractivity (Wildman–Crippen MR) is 85.2 cm³/mol. The Morgan fingerprint density at radius 2 is 2.17 bits per heavy atom. The Balaban J connectivity index is 1.65. The van der Waals surface area contributed by atoms with Gasteiger partial charge in [-0.15, -0.1) is 10.2 Å².